The van der Waals surface area contributed by atoms with E-state index in [4.69, 9.17) is 0 Å². The van der Waals surface area contributed by atoms with Gasteiger partial charge in [-0.25, -0.2) is 4.98 Å². The largest absolute Gasteiger partial charge is 0.340 e. The van der Waals surface area contributed by atoms with Crippen molar-refractivity contribution in [2.45, 2.75) is 13.3 Å². The lowest BCUT2D eigenvalue weighted by Crippen LogP contribution is -1.82. The molecular formula is C6H8N2O. The predicted octanol–water partition coefficient (Wildman–Crippen LogP) is 0.785. The number of aryl methyl sites for hydroxylation is 1. The SMILES string of the molecule is CCc1ncc(C=O)[nH]1. The van der Waals surface area contributed by atoms with Gasteiger partial charge in [0.2, 0.25) is 0 Å². The van der Waals surface area contributed by atoms with E-state index in [0.717, 1.165) is 18.5 Å². The van der Waals surface area contributed by atoms with Gasteiger partial charge < -0.3 is 4.98 Å². The van der Waals surface area contributed by atoms with Gasteiger partial charge in [0.05, 0.1) is 11.9 Å². The lowest BCUT2D eigenvalue weighted by atomic mass is 10.5. The van der Waals surface area contributed by atoms with Crippen LogP contribution in [0.25, 0.3) is 0 Å². The number of imidazole rings is 1. The Kier molecular flexibility index (Phi) is 1.63. The van der Waals surface area contributed by atoms with Gasteiger partial charge >= 0.3 is 0 Å². The maximum atomic E-state index is 10.1. The maximum absolute atomic E-state index is 10.1. The van der Waals surface area contributed by atoms with Gasteiger partial charge in [-0.05, 0) is 0 Å². The molecule has 0 unspecified atom stereocenters. The van der Waals surface area contributed by atoms with E-state index in [-0.39, 0.29) is 0 Å². The summed E-state index contributed by atoms with van der Waals surface area (Å²) in [5.74, 6) is 0.858. The highest BCUT2D eigenvalue weighted by molar-refractivity contribution is 5.71. The van der Waals surface area contributed by atoms with E-state index in [1.807, 2.05) is 6.92 Å². The number of hydrogen-bond acceptors (Lipinski definition) is 2. The summed E-state index contributed by atoms with van der Waals surface area (Å²) in [7, 11) is 0. The molecule has 0 saturated carbocycles. The number of hydrogen-bond donors (Lipinski definition) is 1. The van der Waals surface area contributed by atoms with Gasteiger partial charge in [0.1, 0.15) is 5.82 Å². The van der Waals surface area contributed by atoms with Gasteiger partial charge in [0.25, 0.3) is 0 Å². The highest BCUT2D eigenvalue weighted by Crippen LogP contribution is 1.92. The van der Waals surface area contributed by atoms with Crippen LogP contribution >= 0.6 is 0 Å². The third-order valence-electron chi connectivity index (χ3n) is 1.11. The van der Waals surface area contributed by atoms with Crippen molar-refractivity contribution in [2.24, 2.45) is 0 Å². The van der Waals surface area contributed by atoms with E-state index in [1.54, 1.807) is 0 Å². The molecule has 9 heavy (non-hydrogen) atoms. The fourth-order valence-electron chi connectivity index (χ4n) is 0.618. The second kappa shape index (κ2) is 2.44. The number of nitrogens with one attached hydrogen (secondary N) is 1. The van der Waals surface area contributed by atoms with Crippen LogP contribution in [0.4, 0.5) is 0 Å². The van der Waals surface area contributed by atoms with E-state index in [9.17, 15) is 4.79 Å². The molecule has 0 aliphatic carbocycles. The summed E-state index contributed by atoms with van der Waals surface area (Å²) in [6, 6.07) is 0. The van der Waals surface area contributed by atoms with Crippen molar-refractivity contribution < 1.29 is 4.79 Å². The van der Waals surface area contributed by atoms with Crippen LogP contribution in [0.5, 0.6) is 0 Å². The fraction of sp³-hybridized carbons (Fsp3) is 0.333. The highest BCUT2D eigenvalue weighted by Gasteiger charge is 1.93. The number of nitrogens with zero attached hydrogens (tertiary/aromatic N) is 1. The molecule has 0 amide bonds. The van der Waals surface area contributed by atoms with Crippen LogP contribution in [0, 0.1) is 0 Å². The average molecular weight is 124 g/mol. The van der Waals surface area contributed by atoms with Crippen molar-refractivity contribution in [3.05, 3.63) is 17.7 Å². The Morgan fingerprint density at radius 1 is 1.89 bits per heavy atom. The highest BCUT2D eigenvalue weighted by atomic mass is 16.1. The minimum absolute atomic E-state index is 0.548. The lowest BCUT2D eigenvalue weighted by molar-refractivity contribution is 0.111. The van der Waals surface area contributed by atoms with Crippen molar-refractivity contribution in [1.82, 2.24) is 9.97 Å². The van der Waals surface area contributed by atoms with Gasteiger partial charge in [-0.3, -0.25) is 4.79 Å². The summed E-state index contributed by atoms with van der Waals surface area (Å²) in [6.07, 6.45) is 3.13. The molecule has 1 rings (SSSR count). The lowest BCUT2D eigenvalue weighted by Gasteiger charge is -1.81. The van der Waals surface area contributed by atoms with Crippen molar-refractivity contribution in [1.29, 1.82) is 0 Å². The molecule has 0 fully saturated rings. The minimum Gasteiger partial charge on any atom is -0.340 e. The third-order valence-corrected chi connectivity index (χ3v) is 1.11. The number of rotatable bonds is 2. The zero-order chi connectivity index (χ0) is 6.69. The summed E-state index contributed by atoms with van der Waals surface area (Å²) in [6.45, 7) is 1.98. The smallest absolute Gasteiger partial charge is 0.167 e. The molecule has 0 spiro atoms. The molecule has 0 saturated heterocycles. The Hall–Kier alpha value is -1.12. The first-order valence-corrected chi connectivity index (χ1v) is 2.86. The molecule has 0 aromatic carbocycles. The van der Waals surface area contributed by atoms with E-state index in [1.165, 1.54) is 6.20 Å². The Labute approximate surface area is 53.1 Å². The molecule has 1 aromatic heterocycles. The van der Waals surface area contributed by atoms with Crippen molar-refractivity contribution in [3.8, 4) is 0 Å². The average Bonchev–Trinajstić information content (AvgIpc) is 2.34. The maximum Gasteiger partial charge on any atom is 0.167 e. The van der Waals surface area contributed by atoms with Gasteiger partial charge in [-0.1, -0.05) is 6.92 Å². The van der Waals surface area contributed by atoms with Crippen LogP contribution in [0.15, 0.2) is 6.20 Å². The zero-order valence-electron chi connectivity index (χ0n) is 5.22. The van der Waals surface area contributed by atoms with Crippen molar-refractivity contribution in [3.63, 3.8) is 0 Å². The summed E-state index contributed by atoms with van der Waals surface area (Å²) in [5, 5.41) is 0. The molecule has 1 heterocycles. The summed E-state index contributed by atoms with van der Waals surface area (Å²) >= 11 is 0. The second-order valence-electron chi connectivity index (χ2n) is 1.76. The molecule has 0 aliphatic heterocycles. The number of carbonyl (C=O) groups is 1. The Bertz CT molecular complexity index is 205. The van der Waals surface area contributed by atoms with E-state index in [0.29, 0.717) is 5.69 Å². The molecule has 0 bridgehead atoms. The molecular weight excluding hydrogens is 116 g/mol. The van der Waals surface area contributed by atoms with Gasteiger partial charge in [-0.15, -0.1) is 0 Å². The molecule has 0 radical (unpaired) electrons. The number of H-pyrrole nitrogens is 1. The normalized spacial score (nSPS) is 9.44. The first kappa shape index (κ1) is 6.01. The molecule has 1 N–H and O–H groups in total. The van der Waals surface area contributed by atoms with E-state index >= 15 is 0 Å². The number of aromatic nitrogens is 2. The van der Waals surface area contributed by atoms with Crippen molar-refractivity contribution in [2.75, 3.05) is 0 Å². The molecule has 48 valence electrons. The van der Waals surface area contributed by atoms with Gasteiger partial charge in [0, 0.05) is 6.42 Å². The van der Waals surface area contributed by atoms with Crippen LogP contribution in [-0.2, 0) is 6.42 Å². The van der Waals surface area contributed by atoms with E-state index in [2.05, 4.69) is 9.97 Å². The Morgan fingerprint density at radius 3 is 3.00 bits per heavy atom. The fourth-order valence-corrected chi connectivity index (χ4v) is 0.618. The number of aromatic amines is 1. The summed E-state index contributed by atoms with van der Waals surface area (Å²) in [4.78, 5) is 16.8. The van der Waals surface area contributed by atoms with Crippen molar-refractivity contribution >= 4 is 6.29 Å². The van der Waals surface area contributed by atoms with Crippen LogP contribution in [0.3, 0.4) is 0 Å². The van der Waals surface area contributed by atoms with Crippen LogP contribution in [0.2, 0.25) is 0 Å². The monoisotopic (exact) mass is 124 g/mol. The standard InChI is InChI=1S/C6H8N2O/c1-2-6-7-3-5(4-9)8-6/h3-4H,2H2,1H3,(H,7,8). The predicted molar refractivity (Wildman–Crippen MR) is 33.4 cm³/mol. The zero-order valence-corrected chi connectivity index (χ0v) is 5.22. The summed E-state index contributed by atoms with van der Waals surface area (Å²) < 4.78 is 0. The molecule has 3 nitrogen and oxygen atoms in total. The first-order valence-electron chi connectivity index (χ1n) is 2.86. The second-order valence-corrected chi connectivity index (χ2v) is 1.76. The molecule has 1 aromatic rings. The van der Waals surface area contributed by atoms with Crippen LogP contribution in [0.1, 0.15) is 23.2 Å². The van der Waals surface area contributed by atoms with Gasteiger partial charge in [0.15, 0.2) is 6.29 Å². The number of carbonyl (C=O) groups excluding carboxylic acids is 1. The van der Waals surface area contributed by atoms with Crippen LogP contribution < -0.4 is 0 Å². The van der Waals surface area contributed by atoms with Gasteiger partial charge in [-0.2, -0.15) is 0 Å². The molecule has 0 aliphatic rings. The Balaban J connectivity index is 2.86. The minimum atomic E-state index is 0.548. The summed E-state index contributed by atoms with van der Waals surface area (Å²) in [5.41, 5.74) is 0.548. The van der Waals surface area contributed by atoms with E-state index < -0.39 is 0 Å². The quantitative estimate of drug-likeness (QED) is 0.592. The topological polar surface area (TPSA) is 45.8 Å². The number of aldehydes is 1. The molecule has 3 heteroatoms. The van der Waals surface area contributed by atoms with Crippen LogP contribution in [-0.4, -0.2) is 16.3 Å². The first-order chi connectivity index (χ1) is 4.36. The molecule has 0 atom stereocenters. The third kappa shape index (κ3) is 1.16. The Morgan fingerprint density at radius 2 is 2.67 bits per heavy atom.